The van der Waals surface area contributed by atoms with E-state index < -0.39 is 0 Å². The van der Waals surface area contributed by atoms with Gasteiger partial charge < -0.3 is 15.4 Å². The summed E-state index contributed by atoms with van der Waals surface area (Å²) >= 11 is 0. The van der Waals surface area contributed by atoms with Crippen molar-refractivity contribution in [3.63, 3.8) is 0 Å². The minimum atomic E-state index is -0.217. The Morgan fingerprint density at radius 2 is 2.00 bits per heavy atom. The van der Waals surface area contributed by atoms with E-state index in [1.165, 1.54) is 0 Å². The van der Waals surface area contributed by atoms with Gasteiger partial charge in [0, 0.05) is 38.1 Å². The molecule has 1 aromatic carbocycles. The zero-order valence-electron chi connectivity index (χ0n) is 15.6. The third-order valence-electron chi connectivity index (χ3n) is 4.53. The van der Waals surface area contributed by atoms with E-state index in [0.717, 1.165) is 24.5 Å². The smallest absolute Gasteiger partial charge is 0.319 e. The number of nitrogens with zero attached hydrogens (tertiary/aromatic N) is 3. The van der Waals surface area contributed by atoms with Crippen LogP contribution in [0.5, 0.6) is 0 Å². The van der Waals surface area contributed by atoms with Crippen LogP contribution >= 0.6 is 0 Å². The molecule has 3 rings (SSSR count). The van der Waals surface area contributed by atoms with E-state index in [1.54, 1.807) is 10.9 Å². The minimum Gasteiger partial charge on any atom is -0.373 e. The molecule has 1 aromatic heterocycles. The highest BCUT2D eigenvalue weighted by atomic mass is 16.5. The van der Waals surface area contributed by atoms with Crippen molar-refractivity contribution in [2.75, 3.05) is 25.0 Å². The second-order valence-corrected chi connectivity index (χ2v) is 6.86. The number of hydrogen-bond acceptors (Lipinski definition) is 4. The second-order valence-electron chi connectivity index (χ2n) is 6.86. The SMILES string of the molecule is C[C@@H]1CN([C@H](C)CNC(=O)Nc2ccccc2-n2cccn2)C[C@@H](C)O1. The van der Waals surface area contributed by atoms with E-state index in [2.05, 4.69) is 41.4 Å². The maximum absolute atomic E-state index is 12.4. The molecule has 0 radical (unpaired) electrons. The summed E-state index contributed by atoms with van der Waals surface area (Å²) < 4.78 is 7.50. The number of para-hydroxylation sites is 2. The van der Waals surface area contributed by atoms with Crippen molar-refractivity contribution < 1.29 is 9.53 Å². The van der Waals surface area contributed by atoms with Crippen molar-refractivity contribution in [2.45, 2.75) is 39.0 Å². The van der Waals surface area contributed by atoms with E-state index >= 15 is 0 Å². The number of carbonyl (C=O) groups excluding carboxylic acids is 1. The van der Waals surface area contributed by atoms with Crippen LogP contribution < -0.4 is 10.6 Å². The Hall–Kier alpha value is -2.38. The second kappa shape index (κ2) is 8.33. The third kappa shape index (κ3) is 4.62. The van der Waals surface area contributed by atoms with E-state index in [9.17, 15) is 4.79 Å². The highest BCUT2D eigenvalue weighted by Crippen LogP contribution is 2.19. The lowest BCUT2D eigenvalue weighted by Gasteiger charge is -2.38. The van der Waals surface area contributed by atoms with E-state index in [1.807, 2.05) is 36.5 Å². The Balaban J connectivity index is 1.55. The lowest BCUT2D eigenvalue weighted by atomic mass is 10.2. The number of urea groups is 1. The number of hydrogen-bond donors (Lipinski definition) is 2. The van der Waals surface area contributed by atoms with Crippen molar-refractivity contribution >= 4 is 11.7 Å². The van der Waals surface area contributed by atoms with Gasteiger partial charge in [-0.25, -0.2) is 9.48 Å². The van der Waals surface area contributed by atoms with Crippen molar-refractivity contribution in [3.8, 4) is 5.69 Å². The van der Waals surface area contributed by atoms with Crippen molar-refractivity contribution in [1.29, 1.82) is 0 Å². The van der Waals surface area contributed by atoms with Crippen LogP contribution in [0.25, 0.3) is 5.69 Å². The van der Waals surface area contributed by atoms with Crippen LogP contribution in [0.15, 0.2) is 42.7 Å². The molecular formula is C19H27N5O2. The summed E-state index contributed by atoms with van der Waals surface area (Å²) in [5.74, 6) is 0. The van der Waals surface area contributed by atoms with Crippen LogP contribution in [0.4, 0.5) is 10.5 Å². The molecule has 0 unspecified atom stereocenters. The summed E-state index contributed by atoms with van der Waals surface area (Å²) in [6, 6.07) is 9.47. The first-order valence-corrected chi connectivity index (χ1v) is 9.06. The Bertz CT molecular complexity index is 708. The molecule has 1 fully saturated rings. The number of nitrogens with one attached hydrogen (secondary N) is 2. The van der Waals surface area contributed by atoms with E-state index in [-0.39, 0.29) is 24.3 Å². The number of carbonyl (C=O) groups is 1. The van der Waals surface area contributed by atoms with Crippen molar-refractivity contribution in [3.05, 3.63) is 42.7 Å². The first-order chi connectivity index (χ1) is 12.5. The number of benzene rings is 1. The summed E-state index contributed by atoms with van der Waals surface area (Å²) in [5, 5.41) is 10.1. The van der Waals surface area contributed by atoms with Crippen LogP contribution in [0.1, 0.15) is 20.8 Å². The Labute approximate surface area is 154 Å². The number of aromatic nitrogens is 2. The first-order valence-electron chi connectivity index (χ1n) is 9.06. The number of ether oxygens (including phenoxy) is 1. The maximum atomic E-state index is 12.4. The van der Waals surface area contributed by atoms with E-state index in [0.29, 0.717) is 6.54 Å². The minimum absolute atomic E-state index is 0.217. The molecule has 2 aromatic rings. The molecule has 7 nitrogen and oxygen atoms in total. The van der Waals surface area contributed by atoms with Crippen LogP contribution in [0, 0.1) is 0 Å². The lowest BCUT2D eigenvalue weighted by Crippen LogP contribution is -2.52. The van der Waals surface area contributed by atoms with Gasteiger partial charge in [0.1, 0.15) is 0 Å². The molecule has 0 aliphatic carbocycles. The molecule has 2 N–H and O–H groups in total. The van der Waals surface area contributed by atoms with Crippen molar-refractivity contribution in [1.82, 2.24) is 20.0 Å². The van der Waals surface area contributed by atoms with Gasteiger partial charge in [0.2, 0.25) is 0 Å². The lowest BCUT2D eigenvalue weighted by molar-refractivity contribution is -0.0777. The molecule has 2 heterocycles. The van der Waals surface area contributed by atoms with Gasteiger partial charge in [-0.3, -0.25) is 4.90 Å². The first kappa shape index (κ1) is 18.4. The van der Waals surface area contributed by atoms with Gasteiger partial charge in [0.05, 0.1) is 23.6 Å². The predicted octanol–water partition coefficient (Wildman–Crippen LogP) is 2.49. The van der Waals surface area contributed by atoms with Gasteiger partial charge in [-0.1, -0.05) is 12.1 Å². The molecule has 0 bridgehead atoms. The summed E-state index contributed by atoms with van der Waals surface area (Å²) in [4.78, 5) is 14.7. The van der Waals surface area contributed by atoms with E-state index in [4.69, 9.17) is 4.74 Å². The Kier molecular flexibility index (Phi) is 5.90. The van der Waals surface area contributed by atoms with Gasteiger partial charge in [-0.05, 0) is 39.0 Å². The predicted molar refractivity (Wildman–Crippen MR) is 102 cm³/mol. The molecule has 1 aliphatic heterocycles. The highest BCUT2D eigenvalue weighted by molar-refractivity contribution is 5.91. The molecule has 0 spiro atoms. The van der Waals surface area contributed by atoms with Crippen LogP contribution in [0.3, 0.4) is 0 Å². The largest absolute Gasteiger partial charge is 0.373 e. The number of morpholine rings is 1. The van der Waals surface area contributed by atoms with Gasteiger partial charge in [-0.15, -0.1) is 0 Å². The fraction of sp³-hybridized carbons (Fsp3) is 0.474. The summed E-state index contributed by atoms with van der Waals surface area (Å²) in [6.45, 7) is 8.65. The van der Waals surface area contributed by atoms with Gasteiger partial charge in [-0.2, -0.15) is 5.10 Å². The molecule has 2 amide bonds. The molecule has 7 heteroatoms. The molecule has 0 saturated carbocycles. The zero-order chi connectivity index (χ0) is 18.5. The number of rotatable bonds is 5. The molecule has 3 atom stereocenters. The maximum Gasteiger partial charge on any atom is 0.319 e. The molecule has 26 heavy (non-hydrogen) atoms. The van der Waals surface area contributed by atoms with Crippen molar-refractivity contribution in [2.24, 2.45) is 0 Å². The summed E-state index contributed by atoms with van der Waals surface area (Å²) in [7, 11) is 0. The topological polar surface area (TPSA) is 71.4 Å². The average Bonchev–Trinajstić information content (AvgIpc) is 3.13. The van der Waals surface area contributed by atoms with Crippen LogP contribution in [-0.2, 0) is 4.74 Å². The van der Waals surface area contributed by atoms with Crippen LogP contribution in [0.2, 0.25) is 0 Å². The molecule has 1 aliphatic rings. The Morgan fingerprint density at radius 1 is 1.27 bits per heavy atom. The number of anilines is 1. The van der Waals surface area contributed by atoms with Gasteiger partial charge >= 0.3 is 6.03 Å². The molecular weight excluding hydrogens is 330 g/mol. The summed E-state index contributed by atoms with van der Waals surface area (Å²) in [5.41, 5.74) is 1.55. The normalized spacial score (nSPS) is 22.0. The fourth-order valence-corrected chi connectivity index (χ4v) is 3.30. The molecule has 1 saturated heterocycles. The number of amides is 2. The highest BCUT2D eigenvalue weighted by Gasteiger charge is 2.25. The Morgan fingerprint density at radius 3 is 2.69 bits per heavy atom. The third-order valence-corrected chi connectivity index (χ3v) is 4.53. The summed E-state index contributed by atoms with van der Waals surface area (Å²) in [6.07, 6.45) is 4.00. The monoisotopic (exact) mass is 357 g/mol. The van der Waals surface area contributed by atoms with Crippen LogP contribution in [-0.4, -0.2) is 58.6 Å². The quantitative estimate of drug-likeness (QED) is 0.862. The molecule has 140 valence electrons. The van der Waals surface area contributed by atoms with Gasteiger partial charge in [0.15, 0.2) is 0 Å². The van der Waals surface area contributed by atoms with Gasteiger partial charge in [0.25, 0.3) is 0 Å². The average molecular weight is 357 g/mol. The fourth-order valence-electron chi connectivity index (χ4n) is 3.30. The zero-order valence-corrected chi connectivity index (χ0v) is 15.6. The standard InChI is InChI=1S/C19H27N5O2/c1-14(23-12-15(2)26-16(3)13-23)11-20-19(25)22-17-7-4-5-8-18(17)24-10-6-9-21-24/h4-10,14-16H,11-13H2,1-3H3,(H2,20,22,25)/t14-,15-,16-/m1/s1.